The standard InChI is InChI=1S/C30H35ClFN5O4S/c1-41-27-14-9-20(16-35-27)28(19-7-10-21(31)11-8-19)29(33)30(38)36-26-6-2-5-25(32)24(26)13-12-23-17-34-22-4-3-15-42(39,40)37(23)18-22/h2,5-11,14,16,22-23,28-29,34H,3-4,12-13,15,17-18,33H2,1H3,(H,36,38). The molecule has 2 aromatic carbocycles. The summed E-state index contributed by atoms with van der Waals surface area (Å²) in [4.78, 5) is 17.9. The molecule has 2 fully saturated rings. The topological polar surface area (TPSA) is 127 Å². The van der Waals surface area contributed by atoms with Crippen LogP contribution in [0, 0.1) is 5.82 Å². The fraction of sp³-hybridized carbons (Fsp3) is 0.400. The summed E-state index contributed by atoms with van der Waals surface area (Å²) < 4.78 is 47.7. The van der Waals surface area contributed by atoms with E-state index in [2.05, 4.69) is 15.6 Å². The molecular weight excluding hydrogens is 581 g/mol. The molecule has 5 atom stereocenters. The number of piperazine rings is 1. The number of anilines is 1. The summed E-state index contributed by atoms with van der Waals surface area (Å²) in [5.41, 5.74) is 8.65. The summed E-state index contributed by atoms with van der Waals surface area (Å²) in [5, 5.41) is 6.82. The number of halogens is 2. The summed E-state index contributed by atoms with van der Waals surface area (Å²) in [5.74, 6) is -1.01. The average Bonchev–Trinajstić information content (AvgIpc) is 3.10. The van der Waals surface area contributed by atoms with Crippen LogP contribution in [-0.2, 0) is 21.2 Å². The summed E-state index contributed by atoms with van der Waals surface area (Å²) in [6, 6.07) is 13.8. The van der Waals surface area contributed by atoms with E-state index in [4.69, 9.17) is 22.1 Å². The van der Waals surface area contributed by atoms with E-state index in [1.165, 1.54) is 19.2 Å². The quantitative estimate of drug-likeness (QED) is 0.335. The van der Waals surface area contributed by atoms with Crippen LogP contribution in [0.1, 0.15) is 41.9 Å². The van der Waals surface area contributed by atoms with Gasteiger partial charge in [0.1, 0.15) is 5.82 Å². The highest BCUT2D eigenvalue weighted by atomic mass is 35.5. The highest BCUT2D eigenvalue weighted by molar-refractivity contribution is 7.89. The largest absolute Gasteiger partial charge is 0.481 e. The molecule has 5 unspecified atom stereocenters. The predicted molar refractivity (Wildman–Crippen MR) is 161 cm³/mol. The second kappa shape index (κ2) is 13.0. The number of methoxy groups -OCH3 is 1. The van der Waals surface area contributed by atoms with Crippen molar-refractivity contribution in [1.29, 1.82) is 0 Å². The zero-order valence-electron chi connectivity index (χ0n) is 23.3. The van der Waals surface area contributed by atoms with Crippen molar-refractivity contribution in [3.05, 3.63) is 88.3 Å². The average molecular weight is 616 g/mol. The van der Waals surface area contributed by atoms with Gasteiger partial charge in [0.05, 0.1) is 18.9 Å². The van der Waals surface area contributed by atoms with Gasteiger partial charge in [0.2, 0.25) is 21.8 Å². The normalized spacial score (nSPS) is 22.9. The molecule has 12 heteroatoms. The first-order valence-electron chi connectivity index (χ1n) is 14.0. The maximum Gasteiger partial charge on any atom is 0.242 e. The molecule has 2 bridgehead atoms. The molecule has 2 saturated heterocycles. The van der Waals surface area contributed by atoms with Crippen molar-refractivity contribution in [2.75, 3.05) is 31.3 Å². The number of hydrogen-bond acceptors (Lipinski definition) is 7. The lowest BCUT2D eigenvalue weighted by Gasteiger charge is -2.37. The van der Waals surface area contributed by atoms with Crippen LogP contribution >= 0.6 is 11.6 Å². The Morgan fingerprint density at radius 3 is 2.69 bits per heavy atom. The molecule has 4 N–H and O–H groups in total. The fourth-order valence-corrected chi connectivity index (χ4v) is 7.76. The fourth-order valence-electron chi connectivity index (χ4n) is 5.83. The zero-order chi connectivity index (χ0) is 29.9. The molecule has 1 amide bonds. The molecule has 0 aliphatic carbocycles. The number of pyridine rings is 1. The first-order valence-corrected chi connectivity index (χ1v) is 16.0. The van der Waals surface area contributed by atoms with Crippen molar-refractivity contribution in [2.45, 2.75) is 49.7 Å². The van der Waals surface area contributed by atoms with Gasteiger partial charge in [-0.25, -0.2) is 17.8 Å². The third kappa shape index (κ3) is 6.76. The van der Waals surface area contributed by atoms with Crippen molar-refractivity contribution in [1.82, 2.24) is 14.6 Å². The molecule has 9 nitrogen and oxygen atoms in total. The van der Waals surface area contributed by atoms with Crippen LogP contribution in [0.4, 0.5) is 10.1 Å². The van der Waals surface area contributed by atoms with Gasteiger partial charge in [-0.15, -0.1) is 0 Å². The number of carbonyl (C=O) groups is 1. The van der Waals surface area contributed by atoms with Crippen LogP contribution in [0.2, 0.25) is 5.02 Å². The van der Waals surface area contributed by atoms with E-state index in [9.17, 15) is 13.2 Å². The Hall–Kier alpha value is -3.09. The Bertz CT molecular complexity index is 1510. The number of amides is 1. The second-order valence-corrected chi connectivity index (χ2v) is 13.2. The van der Waals surface area contributed by atoms with Crippen molar-refractivity contribution >= 4 is 33.2 Å². The van der Waals surface area contributed by atoms with Crippen molar-refractivity contribution < 1.29 is 22.3 Å². The first-order chi connectivity index (χ1) is 20.2. The van der Waals surface area contributed by atoms with Crippen LogP contribution < -0.4 is 21.1 Å². The summed E-state index contributed by atoms with van der Waals surface area (Å²) in [7, 11) is -1.86. The third-order valence-corrected chi connectivity index (χ3v) is 10.3. The van der Waals surface area contributed by atoms with Gasteiger partial charge in [-0.3, -0.25) is 4.79 Å². The molecule has 0 saturated carbocycles. The number of nitrogens with one attached hydrogen (secondary N) is 2. The van der Waals surface area contributed by atoms with Gasteiger partial charge >= 0.3 is 0 Å². The number of hydrogen-bond donors (Lipinski definition) is 3. The lowest BCUT2D eigenvalue weighted by molar-refractivity contribution is -0.117. The van der Waals surface area contributed by atoms with Gasteiger partial charge in [-0.05, 0) is 61.1 Å². The van der Waals surface area contributed by atoms with E-state index in [0.29, 0.717) is 53.6 Å². The second-order valence-electron chi connectivity index (χ2n) is 10.8. The summed E-state index contributed by atoms with van der Waals surface area (Å²) in [6.07, 6.45) is 3.69. The van der Waals surface area contributed by atoms with Crippen molar-refractivity contribution in [2.24, 2.45) is 5.73 Å². The molecule has 2 aliphatic rings. The molecule has 1 aromatic heterocycles. The number of fused-ring (bicyclic) bond motifs is 2. The summed E-state index contributed by atoms with van der Waals surface area (Å²) >= 11 is 6.11. The molecule has 2 aliphatic heterocycles. The van der Waals surface area contributed by atoms with Crippen LogP contribution in [0.15, 0.2) is 60.8 Å². The lowest BCUT2D eigenvalue weighted by atomic mass is 9.85. The van der Waals surface area contributed by atoms with E-state index >= 15 is 4.39 Å². The number of nitrogens with zero attached hydrogens (tertiary/aromatic N) is 2. The Balaban J connectivity index is 1.36. The Labute approximate surface area is 250 Å². The monoisotopic (exact) mass is 615 g/mol. The van der Waals surface area contributed by atoms with E-state index < -0.39 is 33.7 Å². The third-order valence-electron chi connectivity index (χ3n) is 8.08. The number of benzene rings is 2. The van der Waals surface area contributed by atoms with Gasteiger partial charge in [0.25, 0.3) is 0 Å². The zero-order valence-corrected chi connectivity index (χ0v) is 24.9. The van der Waals surface area contributed by atoms with Crippen LogP contribution in [0.5, 0.6) is 5.88 Å². The highest BCUT2D eigenvalue weighted by Gasteiger charge is 2.38. The first kappa shape index (κ1) is 30.4. The molecular formula is C30H35ClFN5O4S. The number of rotatable bonds is 9. The minimum atomic E-state index is -3.37. The Morgan fingerprint density at radius 1 is 1.21 bits per heavy atom. The van der Waals surface area contributed by atoms with Crippen LogP contribution in [-0.4, -0.2) is 67.7 Å². The smallest absolute Gasteiger partial charge is 0.242 e. The Morgan fingerprint density at radius 2 is 1.98 bits per heavy atom. The number of aromatic nitrogens is 1. The number of nitrogens with two attached hydrogens (primary N) is 1. The van der Waals surface area contributed by atoms with Gasteiger partial charge in [-0.2, -0.15) is 4.31 Å². The van der Waals surface area contributed by atoms with E-state index in [-0.39, 0.29) is 24.3 Å². The van der Waals surface area contributed by atoms with Crippen molar-refractivity contribution in [3.63, 3.8) is 0 Å². The van der Waals surface area contributed by atoms with E-state index in [0.717, 1.165) is 12.0 Å². The molecule has 42 heavy (non-hydrogen) atoms. The van der Waals surface area contributed by atoms with Gasteiger partial charge in [-0.1, -0.05) is 35.9 Å². The number of ether oxygens (including phenoxy) is 1. The number of sulfonamides is 1. The molecule has 3 heterocycles. The minimum Gasteiger partial charge on any atom is -0.481 e. The maximum absolute atomic E-state index is 15.2. The van der Waals surface area contributed by atoms with Crippen molar-refractivity contribution in [3.8, 4) is 5.88 Å². The minimum absolute atomic E-state index is 0.124. The summed E-state index contributed by atoms with van der Waals surface area (Å²) in [6.45, 7) is 0.929. The SMILES string of the molecule is COc1ccc(C(c2ccc(Cl)cc2)C(N)C(=O)Nc2cccc(F)c2CCC2CNC3CCCS(=O)(=O)N2C3)cn1. The lowest BCUT2D eigenvalue weighted by Crippen LogP contribution is -2.57. The number of carbonyl (C=O) groups excluding carboxylic acids is 1. The van der Waals surface area contributed by atoms with Gasteiger partial charge < -0.3 is 21.1 Å². The maximum atomic E-state index is 15.2. The van der Waals surface area contributed by atoms with E-state index in [1.807, 2.05) is 0 Å². The predicted octanol–water partition coefficient (Wildman–Crippen LogP) is 3.68. The van der Waals surface area contributed by atoms with Crippen LogP contribution in [0.25, 0.3) is 0 Å². The van der Waals surface area contributed by atoms with Gasteiger partial charge in [0, 0.05) is 59.6 Å². The Kier molecular flexibility index (Phi) is 9.44. The molecule has 0 spiro atoms. The molecule has 224 valence electrons. The van der Waals surface area contributed by atoms with Gasteiger partial charge in [0.15, 0.2) is 0 Å². The molecule has 0 radical (unpaired) electrons. The highest BCUT2D eigenvalue weighted by Crippen LogP contribution is 2.31. The molecule has 5 rings (SSSR count). The van der Waals surface area contributed by atoms with Crippen LogP contribution in [0.3, 0.4) is 0 Å². The molecule has 3 aromatic rings. The van der Waals surface area contributed by atoms with E-state index in [1.54, 1.807) is 53.0 Å².